The highest BCUT2D eigenvalue weighted by atomic mass is 35.5. The number of hydrogen-bond acceptors (Lipinski definition) is 6. The molecule has 1 aliphatic rings. The van der Waals surface area contributed by atoms with E-state index in [1.54, 1.807) is 12.3 Å². The zero-order chi connectivity index (χ0) is 21.8. The van der Waals surface area contributed by atoms with E-state index in [0.29, 0.717) is 5.92 Å². The Bertz CT molecular complexity index is 1080. The lowest BCUT2D eigenvalue weighted by molar-refractivity contribution is 0.0723. The van der Waals surface area contributed by atoms with E-state index in [1.807, 2.05) is 25.1 Å². The van der Waals surface area contributed by atoms with E-state index >= 15 is 0 Å². The number of aryl methyl sites for hydroxylation is 2. The van der Waals surface area contributed by atoms with Gasteiger partial charge in [0.15, 0.2) is 10.9 Å². The second kappa shape index (κ2) is 9.43. The molecule has 2 aromatic heterocycles. The molecule has 0 spiro atoms. The van der Waals surface area contributed by atoms with E-state index in [1.165, 1.54) is 6.07 Å². The Hall–Kier alpha value is -2.99. The predicted octanol–water partition coefficient (Wildman–Crippen LogP) is 6.06. The van der Waals surface area contributed by atoms with Crippen LogP contribution in [0, 0.1) is 6.92 Å². The van der Waals surface area contributed by atoms with Gasteiger partial charge >= 0.3 is 5.97 Å². The molecule has 0 bridgehead atoms. The van der Waals surface area contributed by atoms with E-state index in [4.69, 9.17) is 21.1 Å². The number of carbonyl (C=O) groups excluding carboxylic acids is 1. The van der Waals surface area contributed by atoms with Gasteiger partial charge in [-0.15, -0.1) is 10.2 Å². The van der Waals surface area contributed by atoms with E-state index in [0.717, 1.165) is 54.5 Å². The molecule has 0 unspecified atom stereocenters. The molecule has 0 amide bonds. The van der Waals surface area contributed by atoms with Gasteiger partial charge in [-0.1, -0.05) is 49.2 Å². The number of halogens is 1. The summed E-state index contributed by atoms with van der Waals surface area (Å²) in [5.41, 5.74) is 3.39. The number of rotatable bonds is 8. The lowest BCUT2D eigenvalue weighted by Crippen LogP contribution is -2.12. The molecule has 6 nitrogen and oxygen atoms in total. The van der Waals surface area contributed by atoms with Crippen molar-refractivity contribution in [2.24, 2.45) is 0 Å². The highest BCUT2D eigenvalue weighted by molar-refractivity contribution is 6.29. The van der Waals surface area contributed by atoms with Crippen LogP contribution in [0.25, 0.3) is 0 Å². The van der Waals surface area contributed by atoms with Crippen LogP contribution in [0.15, 0.2) is 42.6 Å². The van der Waals surface area contributed by atoms with Crippen LogP contribution in [0.2, 0.25) is 5.15 Å². The van der Waals surface area contributed by atoms with Crippen molar-refractivity contribution < 1.29 is 14.3 Å². The van der Waals surface area contributed by atoms with Crippen molar-refractivity contribution in [1.82, 2.24) is 15.2 Å². The van der Waals surface area contributed by atoms with Crippen molar-refractivity contribution in [2.75, 3.05) is 0 Å². The summed E-state index contributed by atoms with van der Waals surface area (Å²) in [6.45, 7) is 4.11. The molecule has 2 heterocycles. The molecule has 1 aromatic carbocycles. The number of ether oxygens (including phenoxy) is 2. The molecular weight excluding hydrogens is 414 g/mol. The minimum Gasteiger partial charge on any atom is -0.434 e. The van der Waals surface area contributed by atoms with Crippen LogP contribution < -0.4 is 9.47 Å². The molecule has 3 aromatic rings. The summed E-state index contributed by atoms with van der Waals surface area (Å²) in [7, 11) is 0. The minimum atomic E-state index is -0.608. The summed E-state index contributed by atoms with van der Waals surface area (Å²) >= 11 is 6.01. The van der Waals surface area contributed by atoms with Crippen molar-refractivity contribution in [2.45, 2.75) is 51.9 Å². The fourth-order valence-corrected chi connectivity index (χ4v) is 3.48. The standard InChI is InChI=1S/C24H24ClN3O3/c1-3-4-7-16-9-12-19(26-14-16)24(29)30-20-13-21(25)27-28-23(20)31-22-15(2)6-5-8-18(22)17-10-11-17/h5-6,8-9,12-14,17H,3-4,7,10-11H2,1-2H3. The van der Waals surface area contributed by atoms with E-state index in [9.17, 15) is 4.79 Å². The Morgan fingerprint density at radius 3 is 2.74 bits per heavy atom. The highest BCUT2D eigenvalue weighted by Gasteiger charge is 2.28. The third kappa shape index (κ3) is 5.20. The number of pyridine rings is 1. The topological polar surface area (TPSA) is 74.2 Å². The largest absolute Gasteiger partial charge is 0.434 e. The van der Waals surface area contributed by atoms with Gasteiger partial charge in [-0.2, -0.15) is 0 Å². The van der Waals surface area contributed by atoms with Gasteiger partial charge in [0.2, 0.25) is 0 Å². The van der Waals surface area contributed by atoms with Gasteiger partial charge in [0.25, 0.3) is 5.88 Å². The quantitative estimate of drug-likeness (QED) is 0.398. The summed E-state index contributed by atoms with van der Waals surface area (Å²) in [6.07, 6.45) is 7.08. The molecule has 160 valence electrons. The molecule has 7 heteroatoms. The fraction of sp³-hybridized carbons (Fsp3) is 0.333. The average Bonchev–Trinajstić information content (AvgIpc) is 3.61. The number of hydrogen-bond donors (Lipinski definition) is 0. The number of para-hydroxylation sites is 1. The van der Waals surface area contributed by atoms with Gasteiger partial charge in [0.1, 0.15) is 11.4 Å². The van der Waals surface area contributed by atoms with Gasteiger partial charge in [-0.3, -0.25) is 0 Å². The van der Waals surface area contributed by atoms with Crippen molar-refractivity contribution in [3.63, 3.8) is 0 Å². The van der Waals surface area contributed by atoms with E-state index in [2.05, 4.69) is 28.2 Å². The predicted molar refractivity (Wildman–Crippen MR) is 118 cm³/mol. The Balaban J connectivity index is 1.56. The minimum absolute atomic E-state index is 0.0912. The maximum absolute atomic E-state index is 12.7. The second-order valence-electron chi connectivity index (χ2n) is 7.75. The van der Waals surface area contributed by atoms with Crippen LogP contribution in [0.1, 0.15) is 65.7 Å². The number of esters is 1. The van der Waals surface area contributed by atoms with Crippen molar-refractivity contribution >= 4 is 17.6 Å². The van der Waals surface area contributed by atoms with Gasteiger partial charge in [-0.05, 0) is 61.3 Å². The molecule has 0 radical (unpaired) electrons. The van der Waals surface area contributed by atoms with Crippen LogP contribution in [0.4, 0.5) is 0 Å². The first-order chi connectivity index (χ1) is 15.0. The molecule has 0 atom stereocenters. The average molecular weight is 438 g/mol. The monoisotopic (exact) mass is 437 g/mol. The van der Waals surface area contributed by atoms with Gasteiger partial charge in [0.05, 0.1) is 0 Å². The maximum atomic E-state index is 12.7. The first kappa shape index (κ1) is 21.2. The van der Waals surface area contributed by atoms with Crippen molar-refractivity contribution in [3.05, 3.63) is 70.1 Å². The second-order valence-corrected chi connectivity index (χ2v) is 8.14. The van der Waals surface area contributed by atoms with Crippen LogP contribution in [-0.4, -0.2) is 21.2 Å². The Kier molecular flexibility index (Phi) is 6.47. The third-order valence-electron chi connectivity index (χ3n) is 5.21. The lowest BCUT2D eigenvalue weighted by Gasteiger charge is -2.14. The molecule has 0 N–H and O–H groups in total. The zero-order valence-electron chi connectivity index (χ0n) is 17.6. The molecule has 1 saturated carbocycles. The van der Waals surface area contributed by atoms with Gasteiger partial charge in [-0.25, -0.2) is 9.78 Å². The van der Waals surface area contributed by atoms with Crippen LogP contribution in [0.3, 0.4) is 0 Å². The van der Waals surface area contributed by atoms with Crippen molar-refractivity contribution in [3.8, 4) is 17.4 Å². The smallest absolute Gasteiger partial charge is 0.362 e. The molecule has 0 aliphatic heterocycles. The van der Waals surface area contributed by atoms with Crippen LogP contribution >= 0.6 is 11.6 Å². The summed E-state index contributed by atoms with van der Waals surface area (Å²) < 4.78 is 11.6. The Labute approximate surface area is 186 Å². The molecule has 4 rings (SSSR count). The number of benzene rings is 1. The summed E-state index contributed by atoms with van der Waals surface area (Å²) in [6, 6.07) is 11.0. The third-order valence-corrected chi connectivity index (χ3v) is 5.40. The highest BCUT2D eigenvalue weighted by Crippen LogP contribution is 2.46. The Morgan fingerprint density at radius 1 is 1.19 bits per heavy atom. The SMILES string of the molecule is CCCCc1ccc(C(=O)Oc2cc(Cl)nnc2Oc2c(C)cccc2C2CC2)nc1. The number of aromatic nitrogens is 3. The fourth-order valence-electron chi connectivity index (χ4n) is 3.34. The maximum Gasteiger partial charge on any atom is 0.362 e. The van der Waals surface area contributed by atoms with E-state index in [-0.39, 0.29) is 22.5 Å². The number of carbonyl (C=O) groups is 1. The number of nitrogens with zero attached hydrogens (tertiary/aromatic N) is 3. The number of unbranched alkanes of at least 4 members (excludes halogenated alkanes) is 1. The summed E-state index contributed by atoms with van der Waals surface area (Å²) in [5, 5.41) is 7.99. The zero-order valence-corrected chi connectivity index (χ0v) is 18.4. The Morgan fingerprint density at radius 2 is 2.03 bits per heavy atom. The lowest BCUT2D eigenvalue weighted by atomic mass is 10.1. The van der Waals surface area contributed by atoms with Crippen LogP contribution in [0.5, 0.6) is 17.4 Å². The molecular formula is C24H24ClN3O3. The molecule has 1 aliphatic carbocycles. The molecule has 0 saturated heterocycles. The first-order valence-corrected chi connectivity index (χ1v) is 10.9. The van der Waals surface area contributed by atoms with Gasteiger partial charge in [0, 0.05) is 12.3 Å². The molecule has 1 fully saturated rings. The van der Waals surface area contributed by atoms with Crippen LogP contribution in [-0.2, 0) is 6.42 Å². The van der Waals surface area contributed by atoms with E-state index < -0.39 is 5.97 Å². The van der Waals surface area contributed by atoms with Crippen molar-refractivity contribution in [1.29, 1.82) is 0 Å². The normalized spacial score (nSPS) is 13.1. The first-order valence-electron chi connectivity index (χ1n) is 10.5. The summed E-state index contributed by atoms with van der Waals surface area (Å²) in [4.78, 5) is 16.9. The summed E-state index contributed by atoms with van der Waals surface area (Å²) in [5.74, 6) is 0.789. The van der Waals surface area contributed by atoms with Gasteiger partial charge < -0.3 is 9.47 Å². The molecule has 31 heavy (non-hydrogen) atoms.